The van der Waals surface area contributed by atoms with E-state index in [2.05, 4.69) is 20.2 Å². The zero-order valence-corrected chi connectivity index (χ0v) is 20.5. The first kappa shape index (κ1) is 24.0. The zero-order valence-electron chi connectivity index (χ0n) is 19.7. The van der Waals surface area contributed by atoms with Crippen LogP contribution < -0.4 is 5.32 Å². The van der Waals surface area contributed by atoms with E-state index in [0.29, 0.717) is 17.4 Å². The number of alkyl halides is 3. The molecule has 1 N–H and O–H groups in total. The van der Waals surface area contributed by atoms with Gasteiger partial charge in [0, 0.05) is 36.5 Å². The quantitative estimate of drug-likeness (QED) is 0.332. The summed E-state index contributed by atoms with van der Waals surface area (Å²) in [7, 11) is 0. The van der Waals surface area contributed by atoms with Gasteiger partial charge in [-0.25, -0.2) is 0 Å². The van der Waals surface area contributed by atoms with Crippen LogP contribution in [0.5, 0.6) is 0 Å². The van der Waals surface area contributed by atoms with Crippen LogP contribution in [0.4, 0.5) is 13.2 Å². The van der Waals surface area contributed by atoms with Gasteiger partial charge >= 0.3 is 6.18 Å². The largest absolute Gasteiger partial charge is 0.418 e. The van der Waals surface area contributed by atoms with Gasteiger partial charge in [0.15, 0.2) is 5.11 Å². The molecule has 5 nitrogen and oxygen atoms in total. The number of pyridine rings is 2. The molecule has 0 saturated carbocycles. The maximum atomic E-state index is 13.9. The van der Waals surface area contributed by atoms with Crippen molar-refractivity contribution in [2.24, 2.45) is 0 Å². The number of rotatable bonds is 5. The Hall–Kier alpha value is -3.72. The lowest BCUT2D eigenvalue weighted by atomic mass is 9.96. The van der Waals surface area contributed by atoms with Gasteiger partial charge in [0.1, 0.15) is 0 Å². The number of hydrogen-bond acceptors (Lipinski definition) is 3. The molecule has 1 saturated heterocycles. The summed E-state index contributed by atoms with van der Waals surface area (Å²) < 4.78 is 43.3. The number of nitrogens with one attached hydrogen (secondary N) is 1. The number of aryl methyl sites for hydroxylation is 1. The van der Waals surface area contributed by atoms with Crippen molar-refractivity contribution in [3.8, 4) is 5.69 Å². The highest BCUT2D eigenvalue weighted by molar-refractivity contribution is 7.80. The van der Waals surface area contributed by atoms with Gasteiger partial charge in [-0.3, -0.25) is 9.97 Å². The molecule has 4 aromatic rings. The third-order valence-electron chi connectivity index (χ3n) is 6.54. The Bertz CT molecular complexity index is 1390. The van der Waals surface area contributed by atoms with E-state index in [1.807, 2.05) is 50.2 Å². The lowest BCUT2D eigenvalue weighted by molar-refractivity contribution is -0.137. The summed E-state index contributed by atoms with van der Waals surface area (Å²) in [6.07, 6.45) is 0.714. The normalized spacial score (nSPS) is 17.9. The van der Waals surface area contributed by atoms with Gasteiger partial charge < -0.3 is 14.8 Å². The van der Waals surface area contributed by atoms with Gasteiger partial charge in [-0.15, -0.1) is 0 Å². The van der Waals surface area contributed by atoms with Crippen molar-refractivity contribution in [1.82, 2.24) is 24.8 Å². The topological polar surface area (TPSA) is 46.0 Å². The molecule has 0 bridgehead atoms. The number of halogens is 3. The second-order valence-corrected chi connectivity index (χ2v) is 9.17. The summed E-state index contributed by atoms with van der Waals surface area (Å²) in [4.78, 5) is 10.7. The second-order valence-electron chi connectivity index (χ2n) is 8.79. The Labute approximate surface area is 212 Å². The first-order chi connectivity index (χ1) is 17.3. The third kappa shape index (κ3) is 4.35. The Morgan fingerprint density at radius 3 is 2.39 bits per heavy atom. The number of nitrogens with zero attached hydrogens (tertiary/aromatic N) is 4. The minimum atomic E-state index is -4.47. The summed E-state index contributed by atoms with van der Waals surface area (Å²) in [5, 5.41) is 3.97. The lowest BCUT2D eigenvalue weighted by Crippen LogP contribution is -2.29. The van der Waals surface area contributed by atoms with Crippen molar-refractivity contribution in [3.05, 3.63) is 113 Å². The van der Waals surface area contributed by atoms with Crippen LogP contribution in [0.3, 0.4) is 0 Å². The highest BCUT2D eigenvalue weighted by Gasteiger charge is 2.42. The maximum absolute atomic E-state index is 13.9. The van der Waals surface area contributed by atoms with E-state index in [-0.39, 0.29) is 17.8 Å². The average molecular weight is 508 g/mol. The average Bonchev–Trinajstić information content (AvgIpc) is 3.34. The number of para-hydroxylation sites is 1. The lowest BCUT2D eigenvalue weighted by Gasteiger charge is -2.28. The van der Waals surface area contributed by atoms with Crippen LogP contribution in [0.25, 0.3) is 5.69 Å². The van der Waals surface area contributed by atoms with Crippen molar-refractivity contribution in [3.63, 3.8) is 0 Å². The first-order valence-electron chi connectivity index (χ1n) is 11.5. The van der Waals surface area contributed by atoms with E-state index in [4.69, 9.17) is 12.2 Å². The number of hydrogen-bond donors (Lipinski definition) is 1. The van der Waals surface area contributed by atoms with Crippen LogP contribution in [-0.4, -0.2) is 24.5 Å². The molecule has 3 aromatic heterocycles. The highest BCUT2D eigenvalue weighted by atomic mass is 32.1. The van der Waals surface area contributed by atoms with Gasteiger partial charge in [0.25, 0.3) is 0 Å². The first-order valence-corrected chi connectivity index (χ1v) is 11.9. The fourth-order valence-electron chi connectivity index (χ4n) is 4.97. The van der Waals surface area contributed by atoms with E-state index in [9.17, 15) is 13.2 Å². The molecule has 0 spiro atoms. The molecule has 0 amide bonds. The molecule has 2 atom stereocenters. The van der Waals surface area contributed by atoms with Gasteiger partial charge in [0.05, 0.1) is 29.0 Å². The molecular weight excluding hydrogens is 483 g/mol. The summed E-state index contributed by atoms with van der Waals surface area (Å²) in [6, 6.07) is 16.6. The van der Waals surface area contributed by atoms with Crippen molar-refractivity contribution >= 4 is 17.3 Å². The van der Waals surface area contributed by atoms with E-state index in [1.165, 1.54) is 12.1 Å². The molecular formula is C27H24F3N5S. The SMILES string of the molecule is Cc1cc([C@H]2[C@@H](c3ccccn3)NC(=S)N2Cc2ccncc2)c(C)n1-c1ccccc1C(F)(F)F. The molecule has 1 aliphatic rings. The standard InChI is InChI=1S/C27H24F3N5S/c1-17-15-20(18(2)35(17)23-9-4-3-7-21(23)27(28,29)30)25-24(22-8-5-6-12-32-22)33-26(36)34(25)16-19-10-13-31-14-11-19/h3-15,24-25H,16H2,1-2H3,(H,33,36)/t24-,25+/m1/s1. The molecule has 4 heterocycles. The Morgan fingerprint density at radius 2 is 1.69 bits per heavy atom. The van der Waals surface area contributed by atoms with Gasteiger partial charge in [0.2, 0.25) is 0 Å². The van der Waals surface area contributed by atoms with Gasteiger partial charge in [-0.05, 0) is 79.7 Å². The Kier molecular flexibility index (Phi) is 6.26. The van der Waals surface area contributed by atoms with Gasteiger partial charge in [-0.2, -0.15) is 13.2 Å². The molecule has 5 rings (SSSR count). The highest BCUT2D eigenvalue weighted by Crippen LogP contribution is 2.43. The second kappa shape index (κ2) is 9.39. The van der Waals surface area contributed by atoms with E-state index >= 15 is 0 Å². The van der Waals surface area contributed by atoms with E-state index < -0.39 is 11.7 Å². The summed E-state index contributed by atoms with van der Waals surface area (Å²) in [5.41, 5.74) is 3.59. The smallest absolute Gasteiger partial charge is 0.352 e. The van der Waals surface area contributed by atoms with Crippen LogP contribution in [0.2, 0.25) is 0 Å². The van der Waals surface area contributed by atoms with Crippen molar-refractivity contribution in [2.75, 3.05) is 0 Å². The molecule has 9 heteroatoms. The zero-order chi connectivity index (χ0) is 25.4. The molecule has 1 fully saturated rings. The molecule has 1 aliphatic heterocycles. The summed E-state index contributed by atoms with van der Waals surface area (Å²) >= 11 is 5.76. The number of aromatic nitrogens is 3. The number of thiocarbonyl (C=S) groups is 1. The van der Waals surface area contributed by atoms with Crippen LogP contribution in [-0.2, 0) is 12.7 Å². The predicted molar refractivity (Wildman–Crippen MR) is 135 cm³/mol. The molecule has 0 radical (unpaired) electrons. The Balaban J connectivity index is 1.65. The van der Waals surface area contributed by atoms with Crippen molar-refractivity contribution in [2.45, 2.75) is 38.7 Å². The predicted octanol–water partition coefficient (Wildman–Crippen LogP) is 6.08. The van der Waals surface area contributed by atoms with Crippen molar-refractivity contribution < 1.29 is 13.2 Å². The number of benzene rings is 1. The van der Waals surface area contributed by atoms with Gasteiger partial charge in [-0.1, -0.05) is 18.2 Å². The maximum Gasteiger partial charge on any atom is 0.418 e. The molecule has 1 aromatic carbocycles. The monoisotopic (exact) mass is 507 g/mol. The molecule has 184 valence electrons. The van der Waals surface area contributed by atoms with Crippen LogP contribution in [0.1, 0.15) is 45.9 Å². The minimum absolute atomic E-state index is 0.106. The van der Waals surface area contributed by atoms with E-state index in [1.54, 1.807) is 29.2 Å². The third-order valence-corrected chi connectivity index (χ3v) is 6.89. The Morgan fingerprint density at radius 1 is 0.972 bits per heavy atom. The molecule has 0 unspecified atom stereocenters. The van der Waals surface area contributed by atoms with E-state index in [0.717, 1.165) is 28.6 Å². The minimum Gasteiger partial charge on any atom is -0.352 e. The summed E-state index contributed by atoms with van der Waals surface area (Å²) in [5.74, 6) is 0. The fourth-order valence-corrected chi connectivity index (χ4v) is 5.27. The van der Waals surface area contributed by atoms with Crippen LogP contribution in [0.15, 0.2) is 79.3 Å². The molecule has 36 heavy (non-hydrogen) atoms. The molecule has 0 aliphatic carbocycles. The van der Waals surface area contributed by atoms with Crippen molar-refractivity contribution in [1.29, 1.82) is 0 Å². The fraction of sp³-hybridized carbons (Fsp3) is 0.222. The van der Waals surface area contributed by atoms with Crippen LogP contribution in [0, 0.1) is 13.8 Å². The van der Waals surface area contributed by atoms with Crippen LogP contribution >= 0.6 is 12.2 Å². The summed E-state index contributed by atoms with van der Waals surface area (Å²) in [6.45, 7) is 4.20.